The van der Waals surface area contributed by atoms with Crippen molar-refractivity contribution in [2.24, 2.45) is 0 Å². The van der Waals surface area contributed by atoms with E-state index in [1.165, 1.54) is 11.1 Å². The van der Waals surface area contributed by atoms with E-state index in [9.17, 15) is 4.39 Å². The van der Waals surface area contributed by atoms with Gasteiger partial charge in [0, 0.05) is 17.5 Å². The van der Waals surface area contributed by atoms with Crippen LogP contribution in [0.3, 0.4) is 0 Å². The Morgan fingerprint density at radius 1 is 1.10 bits per heavy atom. The third-order valence-corrected chi connectivity index (χ3v) is 4.60. The Hall–Kier alpha value is -1.38. The monoisotopic (exact) mass is 303 g/mol. The van der Waals surface area contributed by atoms with Gasteiger partial charge in [0.15, 0.2) is 0 Å². The zero-order valence-corrected chi connectivity index (χ0v) is 12.8. The van der Waals surface area contributed by atoms with Crippen LogP contribution in [-0.4, -0.2) is 13.1 Å². The number of nitrogens with one attached hydrogen (secondary N) is 1. The van der Waals surface area contributed by atoms with E-state index < -0.39 is 0 Å². The van der Waals surface area contributed by atoms with Gasteiger partial charge in [-0.2, -0.15) is 0 Å². The third-order valence-electron chi connectivity index (χ3n) is 4.37. The quantitative estimate of drug-likeness (QED) is 0.851. The summed E-state index contributed by atoms with van der Waals surface area (Å²) in [6.07, 6.45) is 1.06. The normalized spacial score (nSPS) is 22.2. The molecule has 0 saturated carbocycles. The Balaban J connectivity index is 1.96. The minimum absolute atomic E-state index is 0.132. The number of rotatable bonds is 2. The van der Waals surface area contributed by atoms with Gasteiger partial charge >= 0.3 is 0 Å². The maximum atomic E-state index is 13.5. The fourth-order valence-electron chi connectivity index (χ4n) is 3.24. The van der Waals surface area contributed by atoms with Crippen LogP contribution in [0.5, 0.6) is 0 Å². The summed E-state index contributed by atoms with van der Waals surface area (Å²) < 4.78 is 13.5. The topological polar surface area (TPSA) is 12.0 Å². The van der Waals surface area contributed by atoms with Crippen LogP contribution in [-0.2, 0) is 0 Å². The van der Waals surface area contributed by atoms with Crippen LogP contribution in [0.25, 0.3) is 0 Å². The van der Waals surface area contributed by atoms with Gasteiger partial charge in [0.25, 0.3) is 0 Å². The summed E-state index contributed by atoms with van der Waals surface area (Å²) in [6.45, 7) is 3.76. The van der Waals surface area contributed by atoms with Crippen molar-refractivity contribution in [3.8, 4) is 0 Å². The van der Waals surface area contributed by atoms with E-state index in [4.69, 9.17) is 11.6 Å². The third kappa shape index (κ3) is 3.12. The van der Waals surface area contributed by atoms with Gasteiger partial charge < -0.3 is 5.32 Å². The van der Waals surface area contributed by atoms with Crippen molar-refractivity contribution < 1.29 is 4.39 Å². The molecule has 0 radical (unpaired) electrons. The molecule has 0 aromatic heterocycles. The summed E-state index contributed by atoms with van der Waals surface area (Å²) in [5.74, 6) is 0.651. The highest BCUT2D eigenvalue weighted by Crippen LogP contribution is 2.38. The molecule has 2 aromatic rings. The molecule has 0 spiro atoms. The molecular formula is C18H19ClFN. The molecule has 3 rings (SSSR count). The lowest BCUT2D eigenvalue weighted by Gasteiger charge is -2.33. The van der Waals surface area contributed by atoms with Gasteiger partial charge in [-0.05, 0) is 60.7 Å². The molecule has 2 aromatic carbocycles. The average molecular weight is 304 g/mol. The second-order valence-corrected chi connectivity index (χ2v) is 6.21. The SMILES string of the molecule is Cc1cc(C2CCNCC2c2cccc(Cl)c2)ccc1F. The Kier molecular flexibility index (Phi) is 4.27. The molecule has 1 nitrogen and oxygen atoms in total. The molecule has 0 amide bonds. The van der Waals surface area contributed by atoms with Crippen LogP contribution in [0, 0.1) is 12.7 Å². The van der Waals surface area contributed by atoms with Crippen LogP contribution in [0.4, 0.5) is 4.39 Å². The van der Waals surface area contributed by atoms with Gasteiger partial charge in [0.1, 0.15) is 5.82 Å². The van der Waals surface area contributed by atoms with Crippen molar-refractivity contribution in [1.82, 2.24) is 5.32 Å². The van der Waals surface area contributed by atoms with Crippen LogP contribution < -0.4 is 5.32 Å². The zero-order valence-electron chi connectivity index (χ0n) is 12.1. The van der Waals surface area contributed by atoms with Gasteiger partial charge in [-0.15, -0.1) is 0 Å². The van der Waals surface area contributed by atoms with E-state index in [1.807, 2.05) is 37.3 Å². The highest BCUT2D eigenvalue weighted by atomic mass is 35.5. The molecule has 2 atom stereocenters. The molecule has 3 heteroatoms. The summed E-state index contributed by atoms with van der Waals surface area (Å²) in [4.78, 5) is 0. The first-order valence-corrected chi connectivity index (χ1v) is 7.75. The number of piperidine rings is 1. The maximum Gasteiger partial charge on any atom is 0.126 e. The van der Waals surface area contributed by atoms with Crippen LogP contribution >= 0.6 is 11.6 Å². The Bertz CT molecular complexity index is 641. The van der Waals surface area contributed by atoms with E-state index >= 15 is 0 Å². The van der Waals surface area contributed by atoms with Crippen molar-refractivity contribution in [1.29, 1.82) is 0 Å². The van der Waals surface area contributed by atoms with E-state index in [0.29, 0.717) is 11.8 Å². The fraction of sp³-hybridized carbons (Fsp3) is 0.333. The summed E-state index contributed by atoms with van der Waals surface area (Å²) >= 11 is 6.13. The molecule has 21 heavy (non-hydrogen) atoms. The molecule has 0 bridgehead atoms. The smallest absolute Gasteiger partial charge is 0.126 e. The zero-order chi connectivity index (χ0) is 14.8. The number of hydrogen-bond acceptors (Lipinski definition) is 1. The molecule has 1 saturated heterocycles. The fourth-order valence-corrected chi connectivity index (χ4v) is 3.44. The predicted octanol–water partition coefficient (Wildman–Crippen LogP) is 4.65. The van der Waals surface area contributed by atoms with E-state index in [-0.39, 0.29) is 5.82 Å². The summed E-state index contributed by atoms with van der Waals surface area (Å²) in [7, 11) is 0. The van der Waals surface area contributed by atoms with Gasteiger partial charge in [0.2, 0.25) is 0 Å². The number of halogens is 2. The van der Waals surface area contributed by atoms with Crippen molar-refractivity contribution in [3.63, 3.8) is 0 Å². The van der Waals surface area contributed by atoms with Crippen LogP contribution in [0.1, 0.15) is 34.9 Å². The predicted molar refractivity (Wildman–Crippen MR) is 85.6 cm³/mol. The number of aryl methyl sites for hydroxylation is 1. The highest BCUT2D eigenvalue weighted by molar-refractivity contribution is 6.30. The van der Waals surface area contributed by atoms with Crippen molar-refractivity contribution in [3.05, 3.63) is 70.0 Å². The molecule has 1 N–H and O–H groups in total. The first-order valence-electron chi connectivity index (χ1n) is 7.37. The first kappa shape index (κ1) is 14.6. The van der Waals surface area contributed by atoms with Gasteiger partial charge in [0.05, 0.1) is 0 Å². The first-order chi connectivity index (χ1) is 10.1. The standard InChI is InChI=1S/C18H19ClFN/c1-12-9-14(5-6-18(12)20)16-7-8-21-11-17(16)13-3-2-4-15(19)10-13/h2-6,9-10,16-17,21H,7-8,11H2,1H3. The second-order valence-electron chi connectivity index (χ2n) is 5.77. The Morgan fingerprint density at radius 3 is 2.67 bits per heavy atom. The molecule has 110 valence electrons. The molecular weight excluding hydrogens is 285 g/mol. The second kappa shape index (κ2) is 6.17. The van der Waals surface area contributed by atoms with E-state index in [0.717, 1.165) is 30.1 Å². The van der Waals surface area contributed by atoms with E-state index in [2.05, 4.69) is 11.4 Å². The molecule has 1 fully saturated rings. The van der Waals surface area contributed by atoms with Gasteiger partial charge in [-0.25, -0.2) is 4.39 Å². The van der Waals surface area contributed by atoms with Crippen molar-refractivity contribution in [2.45, 2.75) is 25.2 Å². The summed E-state index contributed by atoms with van der Waals surface area (Å²) in [5.41, 5.74) is 3.19. The highest BCUT2D eigenvalue weighted by Gasteiger charge is 2.28. The summed E-state index contributed by atoms with van der Waals surface area (Å²) in [6, 6.07) is 13.6. The van der Waals surface area contributed by atoms with Crippen molar-refractivity contribution in [2.75, 3.05) is 13.1 Å². The summed E-state index contributed by atoms with van der Waals surface area (Å²) in [5, 5.41) is 4.23. The Morgan fingerprint density at radius 2 is 1.90 bits per heavy atom. The van der Waals surface area contributed by atoms with Crippen molar-refractivity contribution >= 4 is 11.6 Å². The molecule has 2 unspecified atom stereocenters. The minimum Gasteiger partial charge on any atom is -0.316 e. The van der Waals surface area contributed by atoms with E-state index in [1.54, 1.807) is 6.07 Å². The Labute approximate surface area is 130 Å². The minimum atomic E-state index is -0.132. The molecule has 0 aliphatic carbocycles. The lowest BCUT2D eigenvalue weighted by atomic mass is 9.77. The van der Waals surface area contributed by atoms with Gasteiger partial charge in [-0.1, -0.05) is 35.9 Å². The molecule has 1 aliphatic heterocycles. The largest absolute Gasteiger partial charge is 0.316 e. The van der Waals surface area contributed by atoms with Gasteiger partial charge in [-0.3, -0.25) is 0 Å². The lowest BCUT2D eigenvalue weighted by molar-refractivity contribution is 0.403. The van der Waals surface area contributed by atoms with Crippen LogP contribution in [0.15, 0.2) is 42.5 Å². The lowest BCUT2D eigenvalue weighted by Crippen LogP contribution is -2.34. The molecule has 1 heterocycles. The molecule has 1 aliphatic rings. The number of hydrogen-bond donors (Lipinski definition) is 1. The van der Waals surface area contributed by atoms with Crippen LogP contribution in [0.2, 0.25) is 5.02 Å². The number of benzene rings is 2. The average Bonchev–Trinajstić information content (AvgIpc) is 2.50. The maximum absolute atomic E-state index is 13.5.